The van der Waals surface area contributed by atoms with Crippen LogP contribution in [0.25, 0.3) is 0 Å². The Morgan fingerprint density at radius 3 is 2.43 bits per heavy atom. The average Bonchev–Trinajstić information content (AvgIpc) is 2.36. The maximum Gasteiger partial charge on any atom is 0.315 e. The first kappa shape index (κ1) is 18.2. The molecule has 2 amide bonds. The Balaban J connectivity index is 2.22. The molecule has 0 aliphatic carbocycles. The Bertz CT molecular complexity index is 313. The number of rotatable bonds is 7. The number of urea groups is 1. The number of aliphatic hydroxyl groups excluding tert-OH is 1. The quantitative estimate of drug-likeness (QED) is 0.673. The fourth-order valence-electron chi connectivity index (χ4n) is 3.04. The van der Waals surface area contributed by atoms with Crippen LogP contribution in [0.2, 0.25) is 0 Å². The molecule has 0 aromatic heterocycles. The molecule has 1 fully saturated rings. The molecule has 1 rings (SSSR count). The number of aliphatic hydroxyl groups is 1. The monoisotopic (exact) mass is 299 g/mol. The SMILES string of the molecule is CC(O)CC(C)(C)CNC(=O)NC(C)CN1CCCCC1. The van der Waals surface area contributed by atoms with Gasteiger partial charge in [0.25, 0.3) is 0 Å². The number of carbonyl (C=O) groups is 1. The molecule has 2 atom stereocenters. The summed E-state index contributed by atoms with van der Waals surface area (Å²) in [6.07, 6.45) is 4.20. The smallest absolute Gasteiger partial charge is 0.315 e. The average molecular weight is 299 g/mol. The van der Waals surface area contributed by atoms with Crippen molar-refractivity contribution < 1.29 is 9.90 Å². The van der Waals surface area contributed by atoms with Crippen molar-refractivity contribution in [1.82, 2.24) is 15.5 Å². The van der Waals surface area contributed by atoms with Crippen molar-refractivity contribution in [3.8, 4) is 0 Å². The Labute approximate surface area is 129 Å². The van der Waals surface area contributed by atoms with E-state index >= 15 is 0 Å². The van der Waals surface area contributed by atoms with Crippen LogP contribution in [0.4, 0.5) is 4.79 Å². The highest BCUT2D eigenvalue weighted by Gasteiger charge is 2.21. The lowest BCUT2D eigenvalue weighted by molar-refractivity contribution is 0.128. The highest BCUT2D eigenvalue weighted by atomic mass is 16.3. The van der Waals surface area contributed by atoms with Crippen LogP contribution in [-0.2, 0) is 0 Å². The summed E-state index contributed by atoms with van der Waals surface area (Å²) in [5.74, 6) is 0. The van der Waals surface area contributed by atoms with Crippen molar-refractivity contribution in [3.63, 3.8) is 0 Å². The van der Waals surface area contributed by atoms with Gasteiger partial charge in [-0.25, -0.2) is 4.79 Å². The number of amides is 2. The molecule has 5 heteroatoms. The van der Waals surface area contributed by atoms with E-state index in [1.54, 1.807) is 6.92 Å². The summed E-state index contributed by atoms with van der Waals surface area (Å²) < 4.78 is 0. The number of hydrogen-bond acceptors (Lipinski definition) is 3. The first-order valence-electron chi connectivity index (χ1n) is 8.23. The van der Waals surface area contributed by atoms with Crippen molar-refractivity contribution in [2.75, 3.05) is 26.2 Å². The molecule has 0 saturated carbocycles. The number of nitrogens with zero attached hydrogens (tertiary/aromatic N) is 1. The molecule has 0 spiro atoms. The summed E-state index contributed by atoms with van der Waals surface area (Å²) in [5.41, 5.74) is -0.0956. The van der Waals surface area contributed by atoms with Gasteiger partial charge in [0.15, 0.2) is 0 Å². The zero-order chi connectivity index (χ0) is 15.9. The van der Waals surface area contributed by atoms with Crippen LogP contribution in [0.15, 0.2) is 0 Å². The molecule has 1 aliphatic rings. The van der Waals surface area contributed by atoms with Gasteiger partial charge >= 0.3 is 6.03 Å². The molecule has 1 heterocycles. The van der Waals surface area contributed by atoms with Crippen molar-refractivity contribution >= 4 is 6.03 Å². The Hall–Kier alpha value is -0.810. The zero-order valence-electron chi connectivity index (χ0n) is 14.1. The summed E-state index contributed by atoms with van der Waals surface area (Å²) in [5, 5.41) is 15.4. The molecule has 5 nitrogen and oxygen atoms in total. The van der Waals surface area contributed by atoms with E-state index in [1.165, 1.54) is 19.3 Å². The van der Waals surface area contributed by atoms with E-state index in [1.807, 2.05) is 0 Å². The second-order valence-corrected chi connectivity index (χ2v) is 7.31. The summed E-state index contributed by atoms with van der Waals surface area (Å²) in [4.78, 5) is 14.3. The van der Waals surface area contributed by atoms with Gasteiger partial charge in [-0.05, 0) is 51.6 Å². The number of piperidine rings is 1. The third kappa shape index (κ3) is 8.27. The molecule has 0 radical (unpaired) electrons. The van der Waals surface area contributed by atoms with Crippen LogP contribution < -0.4 is 10.6 Å². The Morgan fingerprint density at radius 1 is 1.24 bits per heavy atom. The van der Waals surface area contributed by atoms with Gasteiger partial charge in [0, 0.05) is 19.1 Å². The van der Waals surface area contributed by atoms with E-state index in [4.69, 9.17) is 0 Å². The van der Waals surface area contributed by atoms with Crippen LogP contribution in [0.3, 0.4) is 0 Å². The van der Waals surface area contributed by atoms with Crippen LogP contribution in [0, 0.1) is 5.41 Å². The molecule has 0 aromatic carbocycles. The molecule has 124 valence electrons. The van der Waals surface area contributed by atoms with Gasteiger partial charge in [-0.15, -0.1) is 0 Å². The van der Waals surface area contributed by atoms with Gasteiger partial charge in [0.2, 0.25) is 0 Å². The topological polar surface area (TPSA) is 64.6 Å². The van der Waals surface area contributed by atoms with E-state index in [2.05, 4.69) is 36.3 Å². The molecule has 0 aromatic rings. The fraction of sp³-hybridized carbons (Fsp3) is 0.938. The number of nitrogens with one attached hydrogen (secondary N) is 2. The second-order valence-electron chi connectivity index (χ2n) is 7.31. The Kier molecular flexibility index (Phi) is 7.46. The molecule has 3 N–H and O–H groups in total. The zero-order valence-corrected chi connectivity index (χ0v) is 14.1. The van der Waals surface area contributed by atoms with E-state index in [0.29, 0.717) is 13.0 Å². The predicted octanol–water partition coefficient (Wildman–Crippen LogP) is 1.96. The van der Waals surface area contributed by atoms with Crippen molar-refractivity contribution in [1.29, 1.82) is 0 Å². The maximum absolute atomic E-state index is 11.9. The first-order valence-corrected chi connectivity index (χ1v) is 8.23. The van der Waals surface area contributed by atoms with E-state index < -0.39 is 0 Å². The Morgan fingerprint density at radius 2 is 1.86 bits per heavy atom. The third-order valence-electron chi connectivity index (χ3n) is 3.93. The minimum absolute atomic E-state index is 0.0956. The number of carbonyl (C=O) groups excluding carboxylic acids is 1. The minimum atomic E-state index is -0.345. The van der Waals surface area contributed by atoms with Gasteiger partial charge < -0.3 is 20.6 Å². The van der Waals surface area contributed by atoms with Gasteiger partial charge in [-0.2, -0.15) is 0 Å². The first-order chi connectivity index (χ1) is 9.78. The van der Waals surface area contributed by atoms with Crippen LogP contribution >= 0.6 is 0 Å². The van der Waals surface area contributed by atoms with Gasteiger partial charge in [0.1, 0.15) is 0 Å². The van der Waals surface area contributed by atoms with Crippen molar-refractivity contribution in [2.45, 2.75) is 65.5 Å². The lowest BCUT2D eigenvalue weighted by Crippen LogP contribution is -2.48. The molecule has 1 aliphatic heterocycles. The summed E-state index contributed by atoms with van der Waals surface area (Å²) >= 11 is 0. The number of likely N-dealkylation sites (tertiary alicyclic amines) is 1. The second kappa shape index (κ2) is 8.59. The molecular formula is C16H33N3O2. The van der Waals surface area contributed by atoms with Gasteiger partial charge in [0.05, 0.1) is 6.10 Å². The largest absolute Gasteiger partial charge is 0.393 e. The van der Waals surface area contributed by atoms with Crippen LogP contribution in [-0.4, -0.2) is 54.4 Å². The fourth-order valence-corrected chi connectivity index (χ4v) is 3.04. The third-order valence-corrected chi connectivity index (χ3v) is 3.93. The van der Waals surface area contributed by atoms with Gasteiger partial charge in [-0.3, -0.25) is 0 Å². The van der Waals surface area contributed by atoms with E-state index in [-0.39, 0.29) is 23.6 Å². The highest BCUT2D eigenvalue weighted by molar-refractivity contribution is 5.74. The lowest BCUT2D eigenvalue weighted by Gasteiger charge is -2.30. The summed E-state index contributed by atoms with van der Waals surface area (Å²) in [6, 6.07) is 0.0427. The van der Waals surface area contributed by atoms with Gasteiger partial charge in [-0.1, -0.05) is 20.3 Å². The summed E-state index contributed by atoms with van der Waals surface area (Å²) in [7, 11) is 0. The highest BCUT2D eigenvalue weighted by Crippen LogP contribution is 2.20. The number of hydrogen-bond donors (Lipinski definition) is 3. The molecule has 2 unspecified atom stereocenters. The summed E-state index contributed by atoms with van der Waals surface area (Å²) in [6.45, 7) is 11.7. The standard InChI is InChI=1S/C16H33N3O2/c1-13(11-19-8-6-5-7-9-19)18-15(21)17-12-16(3,4)10-14(2)20/h13-14,20H,5-12H2,1-4H3,(H2,17,18,21). The van der Waals surface area contributed by atoms with Crippen molar-refractivity contribution in [3.05, 3.63) is 0 Å². The molecule has 21 heavy (non-hydrogen) atoms. The molecular weight excluding hydrogens is 266 g/mol. The maximum atomic E-state index is 11.9. The molecule has 0 bridgehead atoms. The predicted molar refractivity (Wildman–Crippen MR) is 86.4 cm³/mol. The van der Waals surface area contributed by atoms with E-state index in [0.717, 1.165) is 19.6 Å². The minimum Gasteiger partial charge on any atom is -0.393 e. The van der Waals surface area contributed by atoms with Crippen LogP contribution in [0.5, 0.6) is 0 Å². The van der Waals surface area contributed by atoms with Crippen LogP contribution in [0.1, 0.15) is 53.4 Å². The lowest BCUT2D eigenvalue weighted by atomic mass is 9.87. The van der Waals surface area contributed by atoms with E-state index in [9.17, 15) is 9.90 Å². The van der Waals surface area contributed by atoms with Crippen molar-refractivity contribution in [2.24, 2.45) is 5.41 Å². The molecule has 1 saturated heterocycles. The normalized spacial score (nSPS) is 19.9.